The second-order valence-electron chi connectivity index (χ2n) is 8.65. The highest BCUT2D eigenvalue weighted by molar-refractivity contribution is 6.30. The lowest BCUT2D eigenvalue weighted by Gasteiger charge is -2.39. The van der Waals surface area contributed by atoms with Crippen LogP contribution in [-0.2, 0) is 9.59 Å². The van der Waals surface area contributed by atoms with Crippen molar-refractivity contribution in [3.8, 4) is 0 Å². The normalized spacial score (nSPS) is 20.5. The summed E-state index contributed by atoms with van der Waals surface area (Å²) in [6.07, 6.45) is 2.83. The van der Waals surface area contributed by atoms with Crippen LogP contribution < -0.4 is 10.6 Å². The van der Waals surface area contributed by atoms with Gasteiger partial charge in [-0.2, -0.15) is 0 Å². The molecule has 1 aliphatic carbocycles. The number of nitrogens with zero attached hydrogens (tertiary/aromatic N) is 1. The third-order valence-corrected chi connectivity index (χ3v) is 5.85. The van der Waals surface area contributed by atoms with Crippen LogP contribution in [-0.4, -0.2) is 16.7 Å². The Morgan fingerprint density at radius 1 is 1.17 bits per heavy atom. The molecular weight excluding hydrogens is 398 g/mol. The quantitative estimate of drug-likeness (QED) is 0.733. The maximum absolute atomic E-state index is 13.3. The second kappa shape index (κ2) is 7.73. The fraction of sp³-hybridized carbons (Fsp3) is 0.292. The van der Waals surface area contributed by atoms with Crippen LogP contribution >= 0.6 is 11.6 Å². The Labute approximate surface area is 181 Å². The number of hydrogen-bond donors (Lipinski definition) is 2. The number of allylic oxidation sites excluding steroid dienone is 3. The van der Waals surface area contributed by atoms with Gasteiger partial charge in [0.05, 0.1) is 0 Å². The first kappa shape index (κ1) is 20.4. The predicted octanol–water partition coefficient (Wildman–Crippen LogP) is 4.98. The molecule has 0 bridgehead atoms. The Balaban J connectivity index is 1.81. The summed E-state index contributed by atoms with van der Waals surface area (Å²) in [7, 11) is 0. The topological polar surface area (TPSA) is 71.1 Å². The largest absolute Gasteiger partial charge is 0.362 e. The Hall–Kier alpha value is -2.92. The Morgan fingerprint density at radius 3 is 2.57 bits per heavy atom. The molecule has 1 aromatic carbocycles. The van der Waals surface area contributed by atoms with E-state index < -0.39 is 5.92 Å². The first-order valence-electron chi connectivity index (χ1n) is 9.97. The van der Waals surface area contributed by atoms with Gasteiger partial charge in [-0.25, -0.2) is 4.98 Å². The third-order valence-electron chi connectivity index (χ3n) is 5.59. The number of nitrogens with one attached hydrogen (secondary N) is 2. The van der Waals surface area contributed by atoms with Crippen molar-refractivity contribution in [2.75, 3.05) is 5.32 Å². The van der Waals surface area contributed by atoms with Crippen LogP contribution in [0.3, 0.4) is 0 Å². The maximum Gasteiger partial charge on any atom is 0.255 e. The van der Waals surface area contributed by atoms with E-state index in [1.807, 2.05) is 25.1 Å². The highest BCUT2D eigenvalue weighted by Crippen LogP contribution is 2.46. The fourth-order valence-corrected chi connectivity index (χ4v) is 4.47. The number of dihydropyridines is 1. The molecule has 1 aromatic heterocycles. The van der Waals surface area contributed by atoms with Gasteiger partial charge >= 0.3 is 0 Å². The number of hydrogen-bond acceptors (Lipinski definition) is 4. The molecule has 5 nitrogen and oxygen atoms in total. The summed E-state index contributed by atoms with van der Waals surface area (Å²) >= 11 is 6.10. The number of benzene rings is 1. The SMILES string of the molecule is CC1=C(C(=O)Nc2ccccn2)C(c2ccc(Cl)cc2)C2=C(CC(C)(C)CC2=O)N1. The van der Waals surface area contributed by atoms with Gasteiger partial charge in [0.25, 0.3) is 5.91 Å². The smallest absolute Gasteiger partial charge is 0.255 e. The van der Waals surface area contributed by atoms with E-state index in [9.17, 15) is 9.59 Å². The first-order valence-corrected chi connectivity index (χ1v) is 10.3. The summed E-state index contributed by atoms with van der Waals surface area (Å²) in [6.45, 7) is 6.07. The molecule has 0 radical (unpaired) electrons. The Morgan fingerprint density at radius 2 is 1.90 bits per heavy atom. The minimum Gasteiger partial charge on any atom is -0.362 e. The molecule has 1 atom stereocenters. The van der Waals surface area contributed by atoms with Crippen LogP contribution in [0.4, 0.5) is 5.82 Å². The minimum absolute atomic E-state index is 0.0735. The molecule has 2 N–H and O–H groups in total. The number of carbonyl (C=O) groups is 2. The summed E-state index contributed by atoms with van der Waals surface area (Å²) in [5.41, 5.74) is 3.59. The number of rotatable bonds is 3. The Bertz CT molecular complexity index is 1070. The zero-order valence-corrected chi connectivity index (χ0v) is 18.0. The molecule has 1 aliphatic heterocycles. The summed E-state index contributed by atoms with van der Waals surface area (Å²) < 4.78 is 0. The van der Waals surface area contributed by atoms with Gasteiger partial charge in [-0.05, 0) is 48.6 Å². The van der Waals surface area contributed by atoms with Crippen molar-refractivity contribution in [3.05, 3.63) is 81.8 Å². The van der Waals surface area contributed by atoms with Crippen molar-refractivity contribution in [2.24, 2.45) is 5.41 Å². The Kier molecular flexibility index (Phi) is 5.24. The van der Waals surface area contributed by atoms with E-state index in [0.717, 1.165) is 23.4 Å². The van der Waals surface area contributed by atoms with E-state index >= 15 is 0 Å². The number of aromatic nitrogens is 1. The maximum atomic E-state index is 13.3. The van der Waals surface area contributed by atoms with E-state index in [1.165, 1.54) is 0 Å². The number of ketones is 1. The average molecular weight is 422 g/mol. The molecule has 2 aliphatic rings. The van der Waals surface area contributed by atoms with Crippen molar-refractivity contribution in [1.82, 2.24) is 10.3 Å². The molecule has 6 heteroatoms. The van der Waals surface area contributed by atoms with Crippen LogP contribution in [0.15, 0.2) is 71.2 Å². The lowest BCUT2D eigenvalue weighted by atomic mass is 9.68. The first-order chi connectivity index (χ1) is 14.2. The minimum atomic E-state index is -0.453. The molecule has 0 spiro atoms. The number of halogens is 1. The van der Waals surface area contributed by atoms with Gasteiger partial charge in [0, 0.05) is 46.1 Å². The molecular formula is C24H24ClN3O2. The molecule has 1 amide bonds. The van der Waals surface area contributed by atoms with Crippen LogP contribution in [0.2, 0.25) is 5.02 Å². The zero-order chi connectivity index (χ0) is 21.5. The van der Waals surface area contributed by atoms with E-state index in [0.29, 0.717) is 28.4 Å². The highest BCUT2D eigenvalue weighted by Gasteiger charge is 2.42. The van der Waals surface area contributed by atoms with Crippen LogP contribution in [0.5, 0.6) is 0 Å². The average Bonchev–Trinajstić information content (AvgIpc) is 2.67. The molecule has 0 saturated carbocycles. The van der Waals surface area contributed by atoms with E-state index in [4.69, 9.17) is 11.6 Å². The molecule has 0 saturated heterocycles. The summed E-state index contributed by atoms with van der Waals surface area (Å²) in [5, 5.41) is 6.84. The van der Waals surface area contributed by atoms with Gasteiger partial charge < -0.3 is 10.6 Å². The molecule has 2 aromatic rings. The van der Waals surface area contributed by atoms with Crippen molar-refractivity contribution in [1.29, 1.82) is 0 Å². The van der Waals surface area contributed by atoms with Gasteiger partial charge in [0.15, 0.2) is 5.78 Å². The number of anilines is 1. The van der Waals surface area contributed by atoms with Crippen molar-refractivity contribution in [3.63, 3.8) is 0 Å². The summed E-state index contributed by atoms with van der Waals surface area (Å²) in [4.78, 5) is 30.8. The van der Waals surface area contributed by atoms with Gasteiger partial charge in [-0.3, -0.25) is 9.59 Å². The van der Waals surface area contributed by atoms with Crippen LogP contribution in [0.1, 0.15) is 45.1 Å². The summed E-state index contributed by atoms with van der Waals surface area (Å²) in [6, 6.07) is 12.7. The van der Waals surface area contributed by atoms with Crippen molar-refractivity contribution >= 4 is 29.1 Å². The molecule has 4 rings (SSSR count). The molecule has 30 heavy (non-hydrogen) atoms. The van der Waals surface area contributed by atoms with Gasteiger partial charge in [-0.1, -0.05) is 43.6 Å². The lowest BCUT2D eigenvalue weighted by Crippen LogP contribution is -2.39. The van der Waals surface area contributed by atoms with Gasteiger partial charge in [-0.15, -0.1) is 0 Å². The standard InChI is InChI=1S/C24H24ClN3O2/c1-14-20(23(30)28-19-6-4-5-11-26-19)21(15-7-9-16(25)10-8-15)22-17(27-14)12-24(2,3)13-18(22)29/h4-11,21,27H,12-13H2,1-3H3,(H,26,28,30). The van der Waals surface area contributed by atoms with Crippen LogP contribution in [0.25, 0.3) is 0 Å². The number of amides is 1. The van der Waals surface area contributed by atoms with Crippen molar-refractivity contribution in [2.45, 2.75) is 39.5 Å². The summed E-state index contributed by atoms with van der Waals surface area (Å²) in [5.74, 6) is -0.188. The lowest BCUT2D eigenvalue weighted by molar-refractivity contribution is -0.118. The number of pyridine rings is 1. The fourth-order valence-electron chi connectivity index (χ4n) is 4.35. The van der Waals surface area contributed by atoms with Gasteiger partial charge in [0.1, 0.15) is 5.82 Å². The monoisotopic (exact) mass is 421 g/mol. The molecule has 2 heterocycles. The van der Waals surface area contributed by atoms with E-state index in [1.54, 1.807) is 30.5 Å². The predicted molar refractivity (Wildman–Crippen MR) is 118 cm³/mol. The second-order valence-corrected chi connectivity index (χ2v) is 9.09. The highest BCUT2D eigenvalue weighted by atomic mass is 35.5. The molecule has 154 valence electrons. The molecule has 0 fully saturated rings. The van der Waals surface area contributed by atoms with Crippen LogP contribution in [0, 0.1) is 5.41 Å². The van der Waals surface area contributed by atoms with E-state index in [-0.39, 0.29) is 17.1 Å². The third kappa shape index (κ3) is 3.90. The number of carbonyl (C=O) groups excluding carboxylic acids is 2. The van der Waals surface area contributed by atoms with Crippen molar-refractivity contribution < 1.29 is 9.59 Å². The van der Waals surface area contributed by atoms with Gasteiger partial charge in [0.2, 0.25) is 0 Å². The zero-order valence-electron chi connectivity index (χ0n) is 17.3. The number of Topliss-reactive ketones (excluding diaryl/α,β-unsaturated/α-hetero) is 1. The molecule has 1 unspecified atom stereocenters. The van der Waals surface area contributed by atoms with E-state index in [2.05, 4.69) is 29.5 Å².